The van der Waals surface area contributed by atoms with E-state index in [-0.39, 0.29) is 47.7 Å². The number of fused-ring (bicyclic) bond motifs is 3. The van der Waals surface area contributed by atoms with Crippen molar-refractivity contribution in [3.05, 3.63) is 98.9 Å². The van der Waals surface area contributed by atoms with Crippen LogP contribution in [-0.2, 0) is 31.2 Å². The van der Waals surface area contributed by atoms with Crippen molar-refractivity contribution in [2.75, 3.05) is 20.3 Å². The number of esters is 2. The molecule has 2 aliphatic heterocycles. The fraction of sp³-hybridized carbons (Fsp3) is 0.333. The third-order valence-corrected chi connectivity index (χ3v) is 9.95. The van der Waals surface area contributed by atoms with Gasteiger partial charge in [0.15, 0.2) is 6.61 Å². The molecule has 2 aliphatic rings. The van der Waals surface area contributed by atoms with Gasteiger partial charge in [0, 0.05) is 29.5 Å². The number of thiophene rings is 2. The number of carbonyl (C=O) groups is 2. The Labute approximate surface area is 269 Å². The molecule has 2 unspecified atom stereocenters. The van der Waals surface area contributed by atoms with Gasteiger partial charge in [0.25, 0.3) is 0 Å². The molecule has 4 atom stereocenters. The van der Waals surface area contributed by atoms with Gasteiger partial charge in [-0.1, -0.05) is 18.2 Å². The number of halogens is 1. The first kappa shape index (κ1) is 31.4. The van der Waals surface area contributed by atoms with Crippen molar-refractivity contribution in [3.8, 4) is 5.75 Å². The largest absolute Gasteiger partial charge is 1.00 e. The lowest BCUT2D eigenvalue weighted by Crippen LogP contribution is -3.00. The van der Waals surface area contributed by atoms with Gasteiger partial charge in [0.1, 0.15) is 30.5 Å². The Bertz CT molecular complexity index is 1550. The van der Waals surface area contributed by atoms with Gasteiger partial charge in [-0.05, 0) is 81.7 Å². The third-order valence-electron chi connectivity index (χ3n) is 8.59. The van der Waals surface area contributed by atoms with Gasteiger partial charge in [0.05, 0.1) is 13.7 Å². The maximum Gasteiger partial charge on any atom is 0.348 e. The summed E-state index contributed by atoms with van der Waals surface area (Å²) in [4.78, 5) is 25.2. The monoisotopic (exact) mass is 683 g/mol. The lowest BCUT2D eigenvalue weighted by Gasteiger charge is -2.47. The van der Waals surface area contributed by atoms with Crippen molar-refractivity contribution >= 4 is 45.4 Å². The number of rotatable bonds is 10. The standard InChI is InChI=1S/C33H34NO6S2.BrH/c1-3-38-31(35)19-39-29-9-6-23-14-22(4-5-24(23)15-29)18-34(2)27-7-8-28(34)17-30(16-27)40-32(36)33(37,25-10-12-41-20-25)26-11-13-42-21-26;/h4-15,20-21,27-28,30,37H,3,16-19H2,1-2H3;1H/q+1;/p-1/t27-,28+,30?,34?;. The summed E-state index contributed by atoms with van der Waals surface area (Å²) in [5.74, 6) is -0.363. The van der Waals surface area contributed by atoms with E-state index in [1.165, 1.54) is 28.2 Å². The van der Waals surface area contributed by atoms with Crippen LogP contribution in [0.5, 0.6) is 5.75 Å². The smallest absolute Gasteiger partial charge is 0.348 e. The van der Waals surface area contributed by atoms with Gasteiger partial charge in [-0.3, -0.25) is 0 Å². The second kappa shape index (κ2) is 12.9. The average Bonchev–Trinajstić information content (AvgIpc) is 3.74. The molecule has 0 spiro atoms. The van der Waals surface area contributed by atoms with Gasteiger partial charge in [-0.25, -0.2) is 9.59 Å². The van der Waals surface area contributed by atoms with Gasteiger partial charge in [-0.15, -0.1) is 0 Å². The van der Waals surface area contributed by atoms with Crippen molar-refractivity contribution < 1.29 is 50.4 Å². The number of ether oxygens (including phenoxy) is 3. The molecule has 43 heavy (non-hydrogen) atoms. The van der Waals surface area contributed by atoms with E-state index in [1.807, 2.05) is 29.0 Å². The number of benzene rings is 2. The van der Waals surface area contributed by atoms with E-state index < -0.39 is 11.6 Å². The van der Waals surface area contributed by atoms with Gasteiger partial charge < -0.3 is 40.8 Å². The third kappa shape index (κ3) is 6.17. The SMILES string of the molecule is CCOC(=O)COc1ccc2cc(C[N+]3(C)[C@@H]4C=C[C@H]3CC(OC(=O)C(O)(c3ccsc3)c3ccsc3)C4)ccc2c1.[Br-]. The number of aliphatic hydroxyl groups is 1. The molecular weight excluding hydrogens is 650 g/mol. The lowest BCUT2D eigenvalue weighted by atomic mass is 9.89. The predicted molar refractivity (Wildman–Crippen MR) is 163 cm³/mol. The highest BCUT2D eigenvalue weighted by Gasteiger charge is 2.51. The van der Waals surface area contributed by atoms with Crippen LogP contribution >= 0.6 is 22.7 Å². The summed E-state index contributed by atoms with van der Waals surface area (Å²) in [5, 5.41) is 21.1. The van der Waals surface area contributed by atoms with Gasteiger partial charge in [0.2, 0.25) is 5.60 Å². The molecule has 0 radical (unpaired) electrons. The van der Waals surface area contributed by atoms with E-state index in [9.17, 15) is 14.7 Å². The Balaban J connectivity index is 0.00000368. The molecule has 0 aliphatic carbocycles. The minimum Gasteiger partial charge on any atom is -1.00 e. The van der Waals surface area contributed by atoms with E-state index in [0.29, 0.717) is 36.3 Å². The summed E-state index contributed by atoms with van der Waals surface area (Å²) in [6.45, 7) is 2.83. The quantitative estimate of drug-likeness (QED) is 0.157. The van der Waals surface area contributed by atoms with E-state index >= 15 is 0 Å². The molecule has 7 nitrogen and oxygen atoms in total. The van der Waals surface area contributed by atoms with Crippen LogP contribution in [0.3, 0.4) is 0 Å². The molecule has 2 aromatic heterocycles. The van der Waals surface area contributed by atoms with Crippen molar-refractivity contribution in [1.82, 2.24) is 0 Å². The molecule has 1 fully saturated rings. The Morgan fingerprint density at radius 2 is 1.58 bits per heavy atom. The lowest BCUT2D eigenvalue weighted by molar-refractivity contribution is -0.957. The molecule has 4 heterocycles. The number of quaternary nitrogens is 1. The normalized spacial score (nSPS) is 22.6. The molecule has 1 saturated heterocycles. The molecular formula is C33H34BrNO6S2. The first-order valence-corrected chi connectivity index (χ1v) is 16.0. The van der Waals surface area contributed by atoms with Crippen molar-refractivity contribution in [3.63, 3.8) is 0 Å². The van der Waals surface area contributed by atoms with Crippen LogP contribution in [0.25, 0.3) is 10.8 Å². The Morgan fingerprint density at radius 3 is 2.19 bits per heavy atom. The van der Waals surface area contributed by atoms with Crippen LogP contribution in [0.15, 0.2) is 82.2 Å². The molecule has 0 saturated carbocycles. The summed E-state index contributed by atoms with van der Waals surface area (Å²) >= 11 is 2.89. The summed E-state index contributed by atoms with van der Waals surface area (Å²) in [6.07, 6.45) is 5.65. The van der Waals surface area contributed by atoms with E-state index in [1.54, 1.807) is 29.8 Å². The molecule has 6 rings (SSSR count). The van der Waals surface area contributed by atoms with Crippen molar-refractivity contribution in [2.45, 2.75) is 50.1 Å². The molecule has 2 bridgehead atoms. The molecule has 1 N–H and O–H groups in total. The van der Waals surface area contributed by atoms with Crippen LogP contribution < -0.4 is 21.7 Å². The summed E-state index contributed by atoms with van der Waals surface area (Å²) in [7, 11) is 2.27. The van der Waals surface area contributed by atoms with Crippen molar-refractivity contribution in [1.29, 1.82) is 0 Å². The maximum absolute atomic E-state index is 13.5. The highest BCUT2D eigenvalue weighted by Crippen LogP contribution is 2.41. The fourth-order valence-electron chi connectivity index (χ4n) is 6.28. The second-order valence-electron chi connectivity index (χ2n) is 11.2. The Hall–Kier alpha value is -3.02. The van der Waals surface area contributed by atoms with Crippen molar-refractivity contribution in [2.24, 2.45) is 0 Å². The topological polar surface area (TPSA) is 82.1 Å². The van der Waals surface area contributed by atoms with Gasteiger partial charge in [-0.2, -0.15) is 22.7 Å². The van der Waals surface area contributed by atoms with Crippen LogP contribution in [0, 0.1) is 0 Å². The van der Waals surface area contributed by atoms with Crippen LogP contribution in [0.2, 0.25) is 0 Å². The fourth-order valence-corrected chi connectivity index (χ4v) is 7.68. The number of nitrogens with zero attached hydrogens (tertiary/aromatic N) is 1. The first-order chi connectivity index (χ1) is 20.3. The number of piperidine rings is 1. The zero-order valence-corrected chi connectivity index (χ0v) is 27.2. The second-order valence-corrected chi connectivity index (χ2v) is 12.8. The predicted octanol–water partition coefficient (Wildman–Crippen LogP) is 2.80. The van der Waals surface area contributed by atoms with E-state index in [4.69, 9.17) is 14.2 Å². The first-order valence-electron chi connectivity index (χ1n) is 14.1. The van der Waals surface area contributed by atoms with E-state index in [0.717, 1.165) is 21.8 Å². The summed E-state index contributed by atoms with van der Waals surface area (Å²) in [6, 6.07) is 16.2. The molecule has 4 aromatic rings. The molecule has 2 aromatic carbocycles. The zero-order valence-electron chi connectivity index (χ0n) is 24.0. The maximum atomic E-state index is 13.5. The highest BCUT2D eigenvalue weighted by molar-refractivity contribution is 7.08. The number of likely N-dealkylation sites (N-methyl/N-ethyl adjacent to an activating group) is 1. The molecule has 226 valence electrons. The Kier molecular flexibility index (Phi) is 9.43. The minimum atomic E-state index is -1.81. The minimum absolute atomic E-state index is 0. The molecule has 10 heteroatoms. The van der Waals surface area contributed by atoms with Gasteiger partial charge >= 0.3 is 11.9 Å². The van der Waals surface area contributed by atoms with E-state index in [2.05, 4.69) is 37.4 Å². The summed E-state index contributed by atoms with van der Waals surface area (Å²) < 4.78 is 17.4. The molecule has 0 amide bonds. The highest BCUT2D eigenvalue weighted by atomic mass is 79.9. The number of hydrogen-bond acceptors (Lipinski definition) is 8. The van der Waals surface area contributed by atoms with Crippen LogP contribution in [0.1, 0.15) is 36.5 Å². The van der Waals surface area contributed by atoms with Crippen LogP contribution in [-0.4, -0.2) is 60.0 Å². The average molecular weight is 685 g/mol. The number of hydrogen-bond donors (Lipinski definition) is 1. The van der Waals surface area contributed by atoms with Crippen LogP contribution in [0.4, 0.5) is 0 Å². The number of carbonyl (C=O) groups excluding carboxylic acids is 2. The summed E-state index contributed by atoms with van der Waals surface area (Å²) in [5.41, 5.74) is 0.505. The zero-order chi connectivity index (χ0) is 29.3. The Morgan fingerprint density at radius 1 is 0.953 bits per heavy atom.